The molecule has 6 heteroatoms. The first-order chi connectivity index (χ1) is 13.0. The lowest BCUT2D eigenvalue weighted by atomic mass is 9.86. The van der Waals surface area contributed by atoms with Gasteiger partial charge in [-0.3, -0.25) is 4.79 Å². The predicted molar refractivity (Wildman–Crippen MR) is 105 cm³/mol. The van der Waals surface area contributed by atoms with Crippen molar-refractivity contribution in [3.63, 3.8) is 0 Å². The van der Waals surface area contributed by atoms with Crippen LogP contribution in [0, 0.1) is 0 Å². The fourth-order valence-electron chi connectivity index (χ4n) is 3.02. The van der Waals surface area contributed by atoms with Gasteiger partial charge < -0.3 is 10.3 Å². The first-order valence-electron chi connectivity index (χ1n) is 9.11. The summed E-state index contributed by atoms with van der Waals surface area (Å²) in [4.78, 5) is 14.6. The van der Waals surface area contributed by atoms with Crippen molar-refractivity contribution in [2.24, 2.45) is 0 Å². The molecule has 0 aliphatic carbocycles. The predicted octanol–water partition coefficient (Wildman–Crippen LogP) is 6.06. The number of aromatic nitrogens is 1. The lowest BCUT2D eigenvalue weighted by Crippen LogP contribution is -2.13. The van der Waals surface area contributed by atoms with Crippen LogP contribution in [0.5, 0.6) is 0 Å². The molecule has 2 N–H and O–H groups in total. The second kappa shape index (κ2) is 7.34. The molecule has 0 spiro atoms. The molecule has 2 aromatic carbocycles. The van der Waals surface area contributed by atoms with Crippen LogP contribution in [0.15, 0.2) is 48.5 Å². The highest BCUT2D eigenvalue weighted by atomic mass is 19.4. The fourth-order valence-corrected chi connectivity index (χ4v) is 3.02. The van der Waals surface area contributed by atoms with Crippen LogP contribution in [0.1, 0.15) is 44.0 Å². The molecule has 0 aliphatic heterocycles. The fraction of sp³-hybridized carbons (Fsp3) is 0.318. The van der Waals surface area contributed by atoms with E-state index in [0.717, 1.165) is 11.6 Å². The molecule has 0 unspecified atom stereocenters. The summed E-state index contributed by atoms with van der Waals surface area (Å²) in [6, 6.07) is 13.9. The molecule has 0 bridgehead atoms. The van der Waals surface area contributed by atoms with Gasteiger partial charge in [0.15, 0.2) is 0 Å². The van der Waals surface area contributed by atoms with Crippen LogP contribution in [-0.2, 0) is 22.8 Å². The number of fused-ring (bicyclic) bond motifs is 1. The summed E-state index contributed by atoms with van der Waals surface area (Å²) in [6.45, 7) is 6.44. The number of hydrogen-bond donors (Lipinski definition) is 2. The first kappa shape index (κ1) is 20.0. The molecule has 0 fully saturated rings. The molecule has 3 nitrogen and oxygen atoms in total. The third kappa shape index (κ3) is 4.74. The van der Waals surface area contributed by atoms with E-state index in [1.54, 1.807) is 6.07 Å². The van der Waals surface area contributed by atoms with Crippen molar-refractivity contribution < 1.29 is 18.0 Å². The number of carbonyl (C=O) groups excluding carboxylic acids is 1. The molecule has 1 amide bonds. The van der Waals surface area contributed by atoms with Crippen LogP contribution in [-0.4, -0.2) is 10.9 Å². The Kier molecular flexibility index (Phi) is 5.24. The van der Waals surface area contributed by atoms with Gasteiger partial charge in [0.1, 0.15) is 5.69 Å². The van der Waals surface area contributed by atoms with E-state index >= 15 is 0 Å². The number of benzene rings is 2. The second-order valence-electron chi connectivity index (χ2n) is 7.98. The van der Waals surface area contributed by atoms with E-state index in [1.165, 1.54) is 17.7 Å². The van der Waals surface area contributed by atoms with Crippen LogP contribution < -0.4 is 5.32 Å². The number of aryl methyl sites for hydroxylation is 1. The van der Waals surface area contributed by atoms with Crippen LogP contribution in [0.25, 0.3) is 10.9 Å². The second-order valence-corrected chi connectivity index (χ2v) is 7.98. The first-order valence-corrected chi connectivity index (χ1v) is 9.11. The number of halogens is 3. The van der Waals surface area contributed by atoms with Crippen molar-refractivity contribution in [3.8, 4) is 0 Å². The normalized spacial score (nSPS) is 12.4. The summed E-state index contributed by atoms with van der Waals surface area (Å²) < 4.78 is 38.4. The van der Waals surface area contributed by atoms with Gasteiger partial charge in [-0.05, 0) is 47.2 Å². The van der Waals surface area contributed by atoms with E-state index in [4.69, 9.17) is 0 Å². The Morgan fingerprint density at radius 1 is 1.00 bits per heavy atom. The maximum Gasteiger partial charge on any atom is 0.431 e. The Morgan fingerprint density at radius 2 is 1.68 bits per heavy atom. The maximum atomic E-state index is 12.8. The van der Waals surface area contributed by atoms with Crippen LogP contribution >= 0.6 is 0 Å². The van der Waals surface area contributed by atoms with Crippen molar-refractivity contribution in [2.45, 2.75) is 45.2 Å². The number of H-pyrrole nitrogens is 1. The third-order valence-electron chi connectivity index (χ3n) is 4.67. The van der Waals surface area contributed by atoms with Crippen LogP contribution in [0.2, 0.25) is 0 Å². The molecular formula is C22H23F3N2O. The molecule has 1 aromatic heterocycles. The number of nitrogens with one attached hydrogen (secondary N) is 2. The molecule has 148 valence electrons. The topological polar surface area (TPSA) is 44.9 Å². The number of alkyl halides is 3. The van der Waals surface area contributed by atoms with E-state index in [0.29, 0.717) is 29.4 Å². The molecule has 0 saturated heterocycles. The van der Waals surface area contributed by atoms with Gasteiger partial charge in [-0.15, -0.1) is 0 Å². The summed E-state index contributed by atoms with van der Waals surface area (Å²) >= 11 is 0. The Bertz CT molecular complexity index is 980. The molecular weight excluding hydrogens is 365 g/mol. The number of rotatable bonds is 4. The lowest BCUT2D eigenvalue weighted by Gasteiger charge is -2.19. The number of carbonyl (C=O) groups is 1. The van der Waals surface area contributed by atoms with Gasteiger partial charge in [0.2, 0.25) is 5.91 Å². The highest BCUT2D eigenvalue weighted by Gasteiger charge is 2.32. The van der Waals surface area contributed by atoms with Gasteiger partial charge in [0.25, 0.3) is 0 Å². The zero-order chi connectivity index (χ0) is 20.5. The summed E-state index contributed by atoms with van der Waals surface area (Å²) in [5.74, 6) is -0.175. The SMILES string of the molecule is CC(C)(C)c1ccc(CCC(=O)Nc2ccc3[nH]c(C(F)(F)F)cc3c2)cc1. The molecule has 3 aromatic rings. The van der Waals surface area contributed by atoms with Gasteiger partial charge in [-0.25, -0.2) is 0 Å². The van der Waals surface area contributed by atoms with E-state index in [-0.39, 0.29) is 11.3 Å². The van der Waals surface area contributed by atoms with Gasteiger partial charge in [0.05, 0.1) is 0 Å². The van der Waals surface area contributed by atoms with E-state index in [9.17, 15) is 18.0 Å². The van der Waals surface area contributed by atoms with E-state index < -0.39 is 11.9 Å². The van der Waals surface area contributed by atoms with Gasteiger partial charge in [-0.2, -0.15) is 13.2 Å². The number of aromatic amines is 1. The number of amides is 1. The zero-order valence-electron chi connectivity index (χ0n) is 16.1. The smallest absolute Gasteiger partial charge is 0.351 e. The van der Waals surface area contributed by atoms with Gasteiger partial charge in [0, 0.05) is 23.0 Å². The summed E-state index contributed by atoms with van der Waals surface area (Å²) in [5, 5.41) is 3.16. The summed E-state index contributed by atoms with van der Waals surface area (Å²) in [5.41, 5.74) is 2.44. The monoisotopic (exact) mass is 388 g/mol. The van der Waals surface area contributed by atoms with Crippen LogP contribution in [0.3, 0.4) is 0 Å². The molecule has 0 saturated carbocycles. The van der Waals surface area contributed by atoms with Crippen LogP contribution in [0.4, 0.5) is 18.9 Å². The number of hydrogen-bond acceptors (Lipinski definition) is 1. The maximum absolute atomic E-state index is 12.8. The quantitative estimate of drug-likeness (QED) is 0.561. The zero-order valence-corrected chi connectivity index (χ0v) is 16.1. The summed E-state index contributed by atoms with van der Waals surface area (Å²) in [6.07, 6.45) is -3.53. The molecule has 1 heterocycles. The van der Waals surface area contributed by atoms with Crippen molar-refractivity contribution in [1.29, 1.82) is 0 Å². The third-order valence-corrected chi connectivity index (χ3v) is 4.67. The van der Waals surface area contributed by atoms with Crippen molar-refractivity contribution >= 4 is 22.5 Å². The highest BCUT2D eigenvalue weighted by molar-refractivity contribution is 5.94. The molecule has 28 heavy (non-hydrogen) atoms. The Hall–Kier alpha value is -2.76. The molecule has 3 rings (SSSR count). The van der Waals surface area contributed by atoms with E-state index in [1.807, 2.05) is 12.1 Å². The Labute approximate surface area is 162 Å². The van der Waals surface area contributed by atoms with Gasteiger partial charge >= 0.3 is 6.18 Å². The average molecular weight is 388 g/mol. The Balaban J connectivity index is 1.61. The summed E-state index contributed by atoms with van der Waals surface area (Å²) in [7, 11) is 0. The average Bonchev–Trinajstić information content (AvgIpc) is 3.03. The van der Waals surface area contributed by atoms with Gasteiger partial charge in [-0.1, -0.05) is 45.0 Å². The standard InChI is InChI=1S/C22H23F3N2O/c1-21(2,3)16-7-4-14(5-8-16)6-11-20(28)26-17-9-10-18-15(12-17)13-19(27-18)22(23,24)25/h4-5,7-10,12-13,27H,6,11H2,1-3H3,(H,26,28). The highest BCUT2D eigenvalue weighted by Crippen LogP contribution is 2.32. The molecule has 0 atom stereocenters. The molecule has 0 radical (unpaired) electrons. The van der Waals surface area contributed by atoms with Crippen molar-refractivity contribution in [2.75, 3.05) is 5.32 Å². The largest absolute Gasteiger partial charge is 0.431 e. The minimum Gasteiger partial charge on any atom is -0.351 e. The lowest BCUT2D eigenvalue weighted by molar-refractivity contribution is -0.140. The number of anilines is 1. The minimum atomic E-state index is -4.43. The van der Waals surface area contributed by atoms with Crippen molar-refractivity contribution in [1.82, 2.24) is 4.98 Å². The van der Waals surface area contributed by atoms with E-state index in [2.05, 4.69) is 43.2 Å². The molecule has 0 aliphatic rings. The van der Waals surface area contributed by atoms with Crippen molar-refractivity contribution in [3.05, 3.63) is 65.4 Å². The Morgan fingerprint density at radius 3 is 2.29 bits per heavy atom. The minimum absolute atomic E-state index is 0.0821.